The molecular formula is C7H13N3. The van der Waals surface area contributed by atoms with Gasteiger partial charge in [0, 0.05) is 12.0 Å². The maximum Gasteiger partial charge on any atom is 0.125 e. The second kappa shape index (κ2) is 2.15. The molecule has 0 aliphatic heterocycles. The number of hydrogen-bond acceptors (Lipinski definition) is 2. The number of hydrazone groups is 1. The zero-order valence-electron chi connectivity index (χ0n) is 6.01. The van der Waals surface area contributed by atoms with Gasteiger partial charge in [-0.2, -0.15) is 5.10 Å². The third kappa shape index (κ3) is 1.23. The molecular weight excluding hydrogens is 126 g/mol. The Kier molecular flexibility index (Phi) is 1.29. The average Bonchev–Trinajstić information content (AvgIpc) is 2.76. The van der Waals surface area contributed by atoms with Crippen molar-refractivity contribution in [1.29, 1.82) is 0 Å². The summed E-state index contributed by atoms with van der Waals surface area (Å²) in [6, 6.07) is 0.697. The molecule has 10 heavy (non-hydrogen) atoms. The summed E-state index contributed by atoms with van der Waals surface area (Å²) in [5.41, 5.74) is 0. The van der Waals surface area contributed by atoms with Crippen molar-refractivity contribution in [1.82, 2.24) is 5.32 Å². The average molecular weight is 139 g/mol. The van der Waals surface area contributed by atoms with Crippen molar-refractivity contribution in [2.24, 2.45) is 16.9 Å². The molecule has 0 saturated heterocycles. The van der Waals surface area contributed by atoms with Crippen molar-refractivity contribution in [3.8, 4) is 0 Å². The molecule has 0 unspecified atom stereocenters. The molecule has 2 aliphatic rings. The molecule has 0 aromatic heterocycles. The normalized spacial score (nSPS) is 26.6. The van der Waals surface area contributed by atoms with Gasteiger partial charge in [0.1, 0.15) is 5.84 Å². The predicted octanol–water partition coefficient (Wildman–Crippen LogP) is 0.421. The lowest BCUT2D eigenvalue weighted by atomic mass is 10.4. The summed E-state index contributed by atoms with van der Waals surface area (Å²) >= 11 is 0. The third-order valence-corrected chi connectivity index (χ3v) is 2.03. The van der Waals surface area contributed by atoms with Crippen LogP contribution in [0.1, 0.15) is 25.7 Å². The third-order valence-electron chi connectivity index (χ3n) is 2.03. The molecule has 0 heterocycles. The van der Waals surface area contributed by atoms with E-state index in [2.05, 4.69) is 10.4 Å². The number of nitrogens with two attached hydrogens (primary N) is 1. The van der Waals surface area contributed by atoms with Gasteiger partial charge in [-0.25, -0.2) is 0 Å². The van der Waals surface area contributed by atoms with Gasteiger partial charge in [0.25, 0.3) is 0 Å². The Hall–Kier alpha value is -0.730. The molecule has 3 nitrogen and oxygen atoms in total. The molecule has 2 aliphatic carbocycles. The van der Waals surface area contributed by atoms with Crippen molar-refractivity contribution >= 4 is 5.84 Å². The maximum absolute atomic E-state index is 5.22. The number of amidine groups is 1. The maximum atomic E-state index is 5.22. The summed E-state index contributed by atoms with van der Waals surface area (Å²) in [7, 11) is 0. The Balaban J connectivity index is 1.85. The fourth-order valence-corrected chi connectivity index (χ4v) is 1.05. The second-order valence-corrected chi connectivity index (χ2v) is 3.21. The molecule has 0 atom stereocenters. The van der Waals surface area contributed by atoms with Crippen LogP contribution >= 0.6 is 0 Å². The molecule has 2 rings (SSSR count). The highest BCUT2D eigenvalue weighted by molar-refractivity contribution is 5.86. The van der Waals surface area contributed by atoms with Gasteiger partial charge in [-0.1, -0.05) is 0 Å². The summed E-state index contributed by atoms with van der Waals surface area (Å²) in [6.07, 6.45) is 5.14. The van der Waals surface area contributed by atoms with Crippen LogP contribution in [-0.2, 0) is 0 Å². The first-order valence-electron chi connectivity index (χ1n) is 3.94. The minimum absolute atomic E-state index is 0.672. The monoisotopic (exact) mass is 139 g/mol. The molecule has 2 fully saturated rings. The molecule has 56 valence electrons. The van der Waals surface area contributed by atoms with E-state index in [0.29, 0.717) is 12.0 Å². The van der Waals surface area contributed by atoms with Crippen LogP contribution < -0.4 is 11.2 Å². The lowest BCUT2D eigenvalue weighted by Gasteiger charge is -2.04. The standard InChI is InChI=1S/C7H13N3/c8-10-7(5-1-2-5)9-6-3-4-6/h5-6H,1-4,8H2,(H,9,10). The molecule has 3 heteroatoms. The van der Waals surface area contributed by atoms with Crippen molar-refractivity contribution in [2.75, 3.05) is 0 Å². The molecule has 0 amide bonds. The topological polar surface area (TPSA) is 50.4 Å². The van der Waals surface area contributed by atoms with Crippen LogP contribution in [0, 0.1) is 5.92 Å². The van der Waals surface area contributed by atoms with Gasteiger partial charge in [0.05, 0.1) is 0 Å². The van der Waals surface area contributed by atoms with E-state index in [4.69, 9.17) is 5.84 Å². The number of rotatable bonds is 2. The zero-order chi connectivity index (χ0) is 6.97. The lowest BCUT2D eigenvalue weighted by molar-refractivity contribution is 0.856. The molecule has 2 saturated carbocycles. The first-order valence-corrected chi connectivity index (χ1v) is 3.94. The largest absolute Gasteiger partial charge is 0.369 e. The number of nitrogens with one attached hydrogen (secondary N) is 1. The number of hydrogen-bond donors (Lipinski definition) is 2. The van der Waals surface area contributed by atoms with Crippen LogP contribution in [0.15, 0.2) is 5.10 Å². The van der Waals surface area contributed by atoms with Crippen LogP contribution in [0.3, 0.4) is 0 Å². The summed E-state index contributed by atoms with van der Waals surface area (Å²) in [6.45, 7) is 0. The van der Waals surface area contributed by atoms with Gasteiger partial charge in [-0.3, -0.25) is 0 Å². The van der Waals surface area contributed by atoms with Gasteiger partial charge in [-0.05, 0) is 25.7 Å². The Labute approximate surface area is 60.7 Å². The summed E-state index contributed by atoms with van der Waals surface area (Å²) < 4.78 is 0. The van der Waals surface area contributed by atoms with Crippen LogP contribution in [0.2, 0.25) is 0 Å². The minimum Gasteiger partial charge on any atom is -0.369 e. The van der Waals surface area contributed by atoms with E-state index >= 15 is 0 Å². The quantitative estimate of drug-likeness (QED) is 0.252. The Morgan fingerprint density at radius 3 is 2.40 bits per heavy atom. The highest BCUT2D eigenvalue weighted by Gasteiger charge is 2.31. The summed E-state index contributed by atoms with van der Waals surface area (Å²) in [5, 5.41) is 7.06. The molecule has 0 aromatic rings. The fourth-order valence-electron chi connectivity index (χ4n) is 1.05. The fraction of sp³-hybridized carbons (Fsp3) is 0.857. The van der Waals surface area contributed by atoms with Gasteiger partial charge < -0.3 is 11.2 Å². The first-order chi connectivity index (χ1) is 4.90. The van der Waals surface area contributed by atoms with E-state index in [1.165, 1.54) is 25.7 Å². The van der Waals surface area contributed by atoms with E-state index in [1.54, 1.807) is 0 Å². The van der Waals surface area contributed by atoms with Crippen LogP contribution in [0.4, 0.5) is 0 Å². The zero-order valence-corrected chi connectivity index (χ0v) is 6.01. The molecule has 0 radical (unpaired) electrons. The van der Waals surface area contributed by atoms with Crippen molar-refractivity contribution in [3.63, 3.8) is 0 Å². The Bertz CT molecular complexity index is 156. The van der Waals surface area contributed by atoms with Crippen LogP contribution in [-0.4, -0.2) is 11.9 Å². The SMILES string of the molecule is N/N=C(\NC1CC1)C1CC1. The highest BCUT2D eigenvalue weighted by Crippen LogP contribution is 2.31. The molecule has 0 spiro atoms. The molecule has 0 aromatic carbocycles. The van der Waals surface area contributed by atoms with Crippen molar-refractivity contribution in [3.05, 3.63) is 0 Å². The minimum atomic E-state index is 0.672. The van der Waals surface area contributed by atoms with Crippen LogP contribution in [0.5, 0.6) is 0 Å². The Morgan fingerprint density at radius 2 is 2.00 bits per heavy atom. The van der Waals surface area contributed by atoms with E-state index < -0.39 is 0 Å². The Morgan fingerprint density at radius 1 is 1.30 bits per heavy atom. The van der Waals surface area contributed by atoms with Crippen molar-refractivity contribution < 1.29 is 0 Å². The summed E-state index contributed by atoms with van der Waals surface area (Å²) in [4.78, 5) is 0. The van der Waals surface area contributed by atoms with Crippen molar-refractivity contribution in [2.45, 2.75) is 31.7 Å². The number of nitrogens with zero attached hydrogens (tertiary/aromatic N) is 1. The van der Waals surface area contributed by atoms with E-state index in [0.717, 1.165) is 5.84 Å². The first kappa shape index (κ1) is 6.01. The molecule has 3 N–H and O–H groups in total. The van der Waals surface area contributed by atoms with Gasteiger partial charge in [-0.15, -0.1) is 0 Å². The highest BCUT2D eigenvalue weighted by atomic mass is 15.2. The van der Waals surface area contributed by atoms with E-state index in [-0.39, 0.29) is 0 Å². The smallest absolute Gasteiger partial charge is 0.125 e. The van der Waals surface area contributed by atoms with Crippen LogP contribution in [0.25, 0.3) is 0 Å². The van der Waals surface area contributed by atoms with Gasteiger partial charge in [0.2, 0.25) is 0 Å². The second-order valence-electron chi connectivity index (χ2n) is 3.21. The summed E-state index contributed by atoms with van der Waals surface area (Å²) in [5.74, 6) is 6.93. The van der Waals surface area contributed by atoms with Gasteiger partial charge in [0.15, 0.2) is 0 Å². The molecule has 0 bridgehead atoms. The lowest BCUT2D eigenvalue weighted by Crippen LogP contribution is -2.28. The van der Waals surface area contributed by atoms with E-state index in [9.17, 15) is 0 Å². The van der Waals surface area contributed by atoms with Gasteiger partial charge >= 0.3 is 0 Å². The predicted molar refractivity (Wildman–Crippen MR) is 40.5 cm³/mol. The van der Waals surface area contributed by atoms with E-state index in [1.807, 2.05) is 0 Å².